The van der Waals surface area contributed by atoms with Gasteiger partial charge in [-0.1, -0.05) is 22.9 Å². The Morgan fingerprint density at radius 2 is 2.35 bits per heavy atom. The fourth-order valence-corrected chi connectivity index (χ4v) is 2.73. The van der Waals surface area contributed by atoms with Gasteiger partial charge < -0.3 is 10.1 Å². The van der Waals surface area contributed by atoms with Gasteiger partial charge in [0.25, 0.3) is 0 Å². The molecule has 0 saturated heterocycles. The van der Waals surface area contributed by atoms with Crippen molar-refractivity contribution in [3.05, 3.63) is 28.2 Å². The molecule has 0 saturated carbocycles. The van der Waals surface area contributed by atoms with Gasteiger partial charge in [-0.15, -0.1) is 0 Å². The molecule has 0 radical (unpaired) electrons. The van der Waals surface area contributed by atoms with Gasteiger partial charge in [0.05, 0.1) is 7.11 Å². The van der Waals surface area contributed by atoms with Gasteiger partial charge in [-0.3, -0.25) is 0 Å². The number of fused-ring (bicyclic) bond motifs is 1. The van der Waals surface area contributed by atoms with E-state index in [0.717, 1.165) is 29.4 Å². The number of rotatable bonds is 2. The minimum absolute atomic E-state index is 0.173. The summed E-state index contributed by atoms with van der Waals surface area (Å²) in [6.07, 6.45) is 2.40. The number of carbonyl (C=O) groups excluding carboxylic acids is 1. The first-order chi connectivity index (χ1) is 8.11. The van der Waals surface area contributed by atoms with Crippen molar-refractivity contribution in [3.63, 3.8) is 0 Å². The first kappa shape index (κ1) is 12.4. The van der Waals surface area contributed by atoms with E-state index in [1.165, 1.54) is 12.7 Å². The maximum absolute atomic E-state index is 11.9. The van der Waals surface area contributed by atoms with Crippen LogP contribution in [0.25, 0.3) is 0 Å². The fourth-order valence-electron chi connectivity index (χ4n) is 2.32. The van der Waals surface area contributed by atoms with E-state index in [9.17, 15) is 4.79 Å². The third-order valence-corrected chi connectivity index (χ3v) is 3.94. The predicted octanol–water partition coefficient (Wildman–Crippen LogP) is 3.13. The highest BCUT2D eigenvalue weighted by Gasteiger charge is 2.40. The van der Waals surface area contributed by atoms with Gasteiger partial charge in [-0.2, -0.15) is 0 Å². The number of hydrogen-bond acceptors (Lipinski definition) is 3. The molecule has 1 heterocycles. The summed E-state index contributed by atoms with van der Waals surface area (Å²) in [4.78, 5) is 11.9. The molecule has 92 valence electrons. The predicted molar refractivity (Wildman–Crippen MR) is 71.1 cm³/mol. The molecule has 0 aromatic heterocycles. The highest BCUT2D eigenvalue weighted by Crippen LogP contribution is 2.35. The maximum Gasteiger partial charge on any atom is 0.331 e. The molecule has 1 aliphatic rings. The van der Waals surface area contributed by atoms with Crippen LogP contribution in [-0.2, 0) is 16.0 Å². The molecule has 0 aliphatic carbocycles. The number of anilines is 1. The Morgan fingerprint density at radius 3 is 3.00 bits per heavy atom. The van der Waals surface area contributed by atoms with Gasteiger partial charge in [0, 0.05) is 10.2 Å². The van der Waals surface area contributed by atoms with Crippen LogP contribution in [0.2, 0.25) is 0 Å². The summed E-state index contributed by atoms with van der Waals surface area (Å²) in [6, 6.07) is 6.08. The zero-order chi connectivity index (χ0) is 12.5. The van der Waals surface area contributed by atoms with E-state index in [2.05, 4.69) is 27.3 Å². The molecule has 1 N–H and O–H groups in total. The summed E-state index contributed by atoms with van der Waals surface area (Å²) in [5.74, 6) is -0.173. The van der Waals surface area contributed by atoms with Gasteiger partial charge in [-0.25, -0.2) is 4.79 Å². The molecular formula is C13H16BrNO2. The quantitative estimate of drug-likeness (QED) is 0.853. The Labute approximate surface area is 110 Å². The number of hydrogen-bond donors (Lipinski definition) is 1. The second-order valence-corrected chi connectivity index (χ2v) is 5.27. The van der Waals surface area contributed by atoms with E-state index in [1.807, 2.05) is 19.1 Å². The third kappa shape index (κ3) is 2.18. The molecule has 3 nitrogen and oxygen atoms in total. The lowest BCUT2D eigenvalue weighted by atomic mass is 9.84. The lowest BCUT2D eigenvalue weighted by Gasteiger charge is -2.36. The number of aryl methyl sites for hydroxylation is 1. The molecule has 1 aromatic carbocycles. The van der Waals surface area contributed by atoms with Crippen LogP contribution in [0, 0.1) is 0 Å². The van der Waals surface area contributed by atoms with E-state index in [4.69, 9.17) is 4.74 Å². The second kappa shape index (κ2) is 4.69. The lowest BCUT2D eigenvalue weighted by Crippen LogP contribution is -2.49. The van der Waals surface area contributed by atoms with Gasteiger partial charge >= 0.3 is 5.97 Å². The summed E-state index contributed by atoms with van der Waals surface area (Å²) in [5.41, 5.74) is 1.72. The van der Waals surface area contributed by atoms with E-state index >= 15 is 0 Å². The highest BCUT2D eigenvalue weighted by molar-refractivity contribution is 9.10. The number of methoxy groups -OCH3 is 1. The SMILES string of the molecule is CCC1(C(=O)OC)CCc2cc(Br)ccc2N1. The number of benzene rings is 1. The number of ether oxygens (including phenoxy) is 1. The Hall–Kier alpha value is -1.03. The molecule has 1 aromatic rings. The normalized spacial score (nSPS) is 22.5. The van der Waals surface area contributed by atoms with Gasteiger partial charge in [0.2, 0.25) is 0 Å². The highest BCUT2D eigenvalue weighted by atomic mass is 79.9. The summed E-state index contributed by atoms with van der Waals surface area (Å²) < 4.78 is 5.98. The Kier molecular flexibility index (Phi) is 3.43. The Morgan fingerprint density at radius 1 is 1.59 bits per heavy atom. The summed E-state index contributed by atoms with van der Waals surface area (Å²) >= 11 is 3.46. The molecule has 0 fully saturated rings. The molecule has 17 heavy (non-hydrogen) atoms. The minimum Gasteiger partial charge on any atom is -0.467 e. The van der Waals surface area contributed by atoms with Crippen molar-refractivity contribution in [2.24, 2.45) is 0 Å². The lowest BCUT2D eigenvalue weighted by molar-refractivity contribution is -0.146. The molecule has 1 atom stereocenters. The number of nitrogens with one attached hydrogen (secondary N) is 1. The van der Waals surface area contributed by atoms with Crippen LogP contribution in [0.5, 0.6) is 0 Å². The average molecular weight is 298 g/mol. The van der Waals surface area contributed by atoms with Crippen molar-refractivity contribution in [1.82, 2.24) is 0 Å². The van der Waals surface area contributed by atoms with Crippen molar-refractivity contribution >= 4 is 27.6 Å². The van der Waals surface area contributed by atoms with Crippen LogP contribution in [0.3, 0.4) is 0 Å². The van der Waals surface area contributed by atoms with Crippen LogP contribution < -0.4 is 5.32 Å². The molecule has 0 spiro atoms. The van der Waals surface area contributed by atoms with Crippen molar-refractivity contribution in [2.45, 2.75) is 31.7 Å². The van der Waals surface area contributed by atoms with Gasteiger partial charge in [0.15, 0.2) is 0 Å². The van der Waals surface area contributed by atoms with E-state index < -0.39 is 5.54 Å². The van der Waals surface area contributed by atoms with E-state index in [-0.39, 0.29) is 5.97 Å². The second-order valence-electron chi connectivity index (χ2n) is 4.35. The minimum atomic E-state index is -0.560. The molecule has 1 unspecified atom stereocenters. The fraction of sp³-hybridized carbons (Fsp3) is 0.462. The van der Waals surface area contributed by atoms with E-state index in [1.54, 1.807) is 0 Å². The average Bonchev–Trinajstić information content (AvgIpc) is 2.37. The summed E-state index contributed by atoms with van der Waals surface area (Å²) in [7, 11) is 1.44. The first-order valence-corrected chi connectivity index (χ1v) is 6.55. The summed E-state index contributed by atoms with van der Waals surface area (Å²) in [6.45, 7) is 2.01. The molecule has 2 rings (SSSR count). The van der Waals surface area contributed by atoms with Crippen LogP contribution in [-0.4, -0.2) is 18.6 Å². The van der Waals surface area contributed by atoms with Crippen molar-refractivity contribution in [3.8, 4) is 0 Å². The standard InChI is InChI=1S/C13H16BrNO2/c1-3-13(12(16)17-2)7-6-9-8-10(14)4-5-11(9)15-13/h4-5,8,15H,3,6-7H2,1-2H3. The number of carbonyl (C=O) groups is 1. The van der Waals surface area contributed by atoms with Crippen LogP contribution in [0.15, 0.2) is 22.7 Å². The van der Waals surface area contributed by atoms with Crippen molar-refractivity contribution < 1.29 is 9.53 Å². The zero-order valence-corrected chi connectivity index (χ0v) is 11.6. The molecule has 4 heteroatoms. The molecule has 1 aliphatic heterocycles. The zero-order valence-electron chi connectivity index (χ0n) is 10.0. The van der Waals surface area contributed by atoms with Crippen molar-refractivity contribution in [2.75, 3.05) is 12.4 Å². The van der Waals surface area contributed by atoms with Crippen LogP contribution in [0.1, 0.15) is 25.3 Å². The smallest absolute Gasteiger partial charge is 0.331 e. The summed E-state index contributed by atoms with van der Waals surface area (Å²) in [5, 5.41) is 3.34. The topological polar surface area (TPSA) is 38.3 Å². The van der Waals surface area contributed by atoms with Gasteiger partial charge in [0.1, 0.15) is 5.54 Å². The van der Waals surface area contributed by atoms with Crippen LogP contribution in [0.4, 0.5) is 5.69 Å². The van der Waals surface area contributed by atoms with E-state index in [0.29, 0.717) is 0 Å². The largest absolute Gasteiger partial charge is 0.467 e. The number of halogens is 1. The van der Waals surface area contributed by atoms with Crippen molar-refractivity contribution in [1.29, 1.82) is 0 Å². The number of esters is 1. The Bertz CT molecular complexity index is 447. The Balaban J connectivity index is 2.33. The van der Waals surface area contributed by atoms with Crippen LogP contribution >= 0.6 is 15.9 Å². The first-order valence-electron chi connectivity index (χ1n) is 5.76. The monoisotopic (exact) mass is 297 g/mol. The third-order valence-electron chi connectivity index (χ3n) is 3.44. The molecule has 0 bridgehead atoms. The maximum atomic E-state index is 11.9. The molecular weight excluding hydrogens is 282 g/mol. The van der Waals surface area contributed by atoms with Gasteiger partial charge in [-0.05, 0) is 43.0 Å². The molecule has 0 amide bonds.